The zero-order valence-electron chi connectivity index (χ0n) is 10.0. The van der Waals surface area contributed by atoms with Gasteiger partial charge < -0.3 is 14.3 Å². The molecule has 2 aromatic rings. The summed E-state index contributed by atoms with van der Waals surface area (Å²) < 4.78 is 9.91. The second-order valence-corrected chi connectivity index (χ2v) is 3.63. The SMILES string of the molecule is CCOC(=O)c1nnc(-c2ccc(C)c(O)c2)o1. The first-order chi connectivity index (χ1) is 8.61. The molecule has 1 N–H and O–H groups in total. The smallest absolute Gasteiger partial charge is 0.396 e. The molecule has 0 bridgehead atoms. The molecule has 6 nitrogen and oxygen atoms in total. The molecular weight excluding hydrogens is 236 g/mol. The van der Waals surface area contributed by atoms with Gasteiger partial charge in [-0.2, -0.15) is 0 Å². The summed E-state index contributed by atoms with van der Waals surface area (Å²) in [6.45, 7) is 3.70. The minimum absolute atomic E-state index is 0.128. The Morgan fingerprint density at radius 2 is 2.22 bits per heavy atom. The summed E-state index contributed by atoms with van der Waals surface area (Å²) in [5.41, 5.74) is 1.28. The van der Waals surface area contributed by atoms with Gasteiger partial charge in [0, 0.05) is 5.56 Å². The van der Waals surface area contributed by atoms with Crippen molar-refractivity contribution in [2.45, 2.75) is 13.8 Å². The number of nitrogens with zero attached hydrogens (tertiary/aromatic N) is 2. The molecule has 0 amide bonds. The molecule has 0 unspecified atom stereocenters. The lowest BCUT2D eigenvalue weighted by Crippen LogP contribution is -2.04. The number of phenols is 1. The van der Waals surface area contributed by atoms with Crippen LogP contribution in [0.5, 0.6) is 5.75 Å². The molecule has 0 aliphatic rings. The number of hydrogen-bond donors (Lipinski definition) is 1. The Bertz CT molecular complexity index is 577. The van der Waals surface area contributed by atoms with Crippen LogP contribution in [0.25, 0.3) is 11.5 Å². The van der Waals surface area contributed by atoms with E-state index >= 15 is 0 Å². The molecule has 0 atom stereocenters. The maximum atomic E-state index is 11.3. The molecule has 1 aromatic carbocycles. The van der Waals surface area contributed by atoms with Crippen LogP contribution < -0.4 is 0 Å². The number of aromatic nitrogens is 2. The number of ether oxygens (including phenoxy) is 1. The Hall–Kier alpha value is -2.37. The van der Waals surface area contributed by atoms with Gasteiger partial charge in [0.15, 0.2) is 0 Å². The van der Waals surface area contributed by atoms with Crippen molar-refractivity contribution in [3.8, 4) is 17.2 Å². The van der Waals surface area contributed by atoms with Gasteiger partial charge in [-0.3, -0.25) is 0 Å². The van der Waals surface area contributed by atoms with E-state index in [1.165, 1.54) is 6.07 Å². The van der Waals surface area contributed by atoms with Gasteiger partial charge in [-0.15, -0.1) is 10.2 Å². The van der Waals surface area contributed by atoms with Crippen molar-refractivity contribution in [2.75, 3.05) is 6.61 Å². The minimum Gasteiger partial charge on any atom is -0.508 e. The highest BCUT2D eigenvalue weighted by molar-refractivity contribution is 5.84. The Morgan fingerprint density at radius 1 is 1.44 bits per heavy atom. The van der Waals surface area contributed by atoms with Crippen LogP contribution >= 0.6 is 0 Å². The Morgan fingerprint density at radius 3 is 2.89 bits per heavy atom. The quantitative estimate of drug-likeness (QED) is 0.835. The van der Waals surface area contributed by atoms with Gasteiger partial charge >= 0.3 is 11.9 Å². The van der Waals surface area contributed by atoms with Crippen LogP contribution in [0.15, 0.2) is 22.6 Å². The van der Waals surface area contributed by atoms with Crippen molar-refractivity contribution in [1.29, 1.82) is 0 Å². The van der Waals surface area contributed by atoms with Gasteiger partial charge in [0.25, 0.3) is 0 Å². The van der Waals surface area contributed by atoms with Gasteiger partial charge in [0.1, 0.15) is 5.75 Å². The maximum absolute atomic E-state index is 11.3. The second kappa shape index (κ2) is 4.87. The van der Waals surface area contributed by atoms with E-state index in [-0.39, 0.29) is 24.1 Å². The number of esters is 1. The average molecular weight is 248 g/mol. The highest BCUT2D eigenvalue weighted by atomic mass is 16.5. The van der Waals surface area contributed by atoms with Crippen molar-refractivity contribution in [2.24, 2.45) is 0 Å². The monoisotopic (exact) mass is 248 g/mol. The third-order valence-corrected chi connectivity index (χ3v) is 2.33. The zero-order chi connectivity index (χ0) is 13.1. The van der Waals surface area contributed by atoms with Crippen LogP contribution in [0.1, 0.15) is 23.2 Å². The molecule has 0 radical (unpaired) electrons. The van der Waals surface area contributed by atoms with Crippen LogP contribution in [-0.4, -0.2) is 27.9 Å². The highest BCUT2D eigenvalue weighted by Crippen LogP contribution is 2.25. The van der Waals surface area contributed by atoms with E-state index in [1.54, 1.807) is 26.0 Å². The number of rotatable bonds is 3. The van der Waals surface area contributed by atoms with Crippen LogP contribution in [-0.2, 0) is 4.74 Å². The highest BCUT2D eigenvalue weighted by Gasteiger charge is 2.17. The zero-order valence-corrected chi connectivity index (χ0v) is 10.0. The molecule has 0 fully saturated rings. The number of benzene rings is 1. The molecule has 1 heterocycles. The number of carbonyl (C=O) groups excluding carboxylic acids is 1. The summed E-state index contributed by atoms with van der Waals surface area (Å²) >= 11 is 0. The van der Waals surface area contributed by atoms with Gasteiger partial charge in [-0.1, -0.05) is 6.07 Å². The van der Waals surface area contributed by atoms with Gasteiger partial charge in [-0.25, -0.2) is 4.79 Å². The van der Waals surface area contributed by atoms with Crippen molar-refractivity contribution >= 4 is 5.97 Å². The fourth-order valence-electron chi connectivity index (χ4n) is 1.36. The molecule has 0 spiro atoms. The number of aryl methyl sites for hydroxylation is 1. The number of aromatic hydroxyl groups is 1. The van der Waals surface area contributed by atoms with Crippen LogP contribution in [0.3, 0.4) is 0 Å². The standard InChI is InChI=1S/C12H12N2O4/c1-3-17-12(16)11-14-13-10(18-11)8-5-4-7(2)9(15)6-8/h4-6,15H,3H2,1-2H3. The van der Waals surface area contributed by atoms with E-state index in [0.717, 1.165) is 5.56 Å². The average Bonchev–Trinajstić information content (AvgIpc) is 2.82. The van der Waals surface area contributed by atoms with Gasteiger partial charge in [0.2, 0.25) is 5.89 Å². The topological polar surface area (TPSA) is 85.5 Å². The lowest BCUT2D eigenvalue weighted by molar-refractivity contribution is 0.0481. The minimum atomic E-state index is -0.660. The van der Waals surface area contributed by atoms with Crippen LogP contribution in [0, 0.1) is 6.92 Å². The molecule has 0 aliphatic heterocycles. The lowest BCUT2D eigenvalue weighted by atomic mass is 10.1. The first kappa shape index (κ1) is 12.1. The summed E-state index contributed by atoms with van der Waals surface area (Å²) in [4.78, 5) is 11.3. The summed E-state index contributed by atoms with van der Waals surface area (Å²) in [7, 11) is 0. The normalized spacial score (nSPS) is 10.3. The fourth-order valence-corrected chi connectivity index (χ4v) is 1.36. The largest absolute Gasteiger partial charge is 0.508 e. The first-order valence-corrected chi connectivity index (χ1v) is 5.42. The first-order valence-electron chi connectivity index (χ1n) is 5.42. The number of phenolic OH excluding ortho intramolecular Hbond substituents is 1. The molecule has 6 heteroatoms. The summed E-state index contributed by atoms with van der Waals surface area (Å²) in [6.07, 6.45) is 0. The van der Waals surface area contributed by atoms with E-state index in [2.05, 4.69) is 10.2 Å². The molecule has 0 saturated heterocycles. The van der Waals surface area contributed by atoms with Crippen molar-refractivity contribution in [1.82, 2.24) is 10.2 Å². The van der Waals surface area contributed by atoms with E-state index in [4.69, 9.17) is 9.15 Å². The molecule has 2 rings (SSSR count). The van der Waals surface area contributed by atoms with E-state index in [9.17, 15) is 9.90 Å². The Kier molecular flexibility index (Phi) is 3.27. The Labute approximate surface area is 103 Å². The van der Waals surface area contributed by atoms with Crippen molar-refractivity contribution in [3.63, 3.8) is 0 Å². The third kappa shape index (κ3) is 2.32. The lowest BCUT2D eigenvalue weighted by Gasteiger charge is -1.99. The van der Waals surface area contributed by atoms with E-state index in [1.807, 2.05) is 0 Å². The van der Waals surface area contributed by atoms with E-state index < -0.39 is 5.97 Å². The third-order valence-electron chi connectivity index (χ3n) is 2.33. The number of carbonyl (C=O) groups is 1. The van der Waals surface area contributed by atoms with Gasteiger partial charge in [-0.05, 0) is 31.5 Å². The van der Waals surface area contributed by atoms with Gasteiger partial charge in [0.05, 0.1) is 6.61 Å². The van der Waals surface area contributed by atoms with Crippen LogP contribution in [0.2, 0.25) is 0 Å². The molecule has 0 saturated carbocycles. The van der Waals surface area contributed by atoms with Crippen molar-refractivity contribution < 1.29 is 19.1 Å². The summed E-state index contributed by atoms with van der Waals surface area (Å²) in [6, 6.07) is 4.94. The summed E-state index contributed by atoms with van der Waals surface area (Å²) in [5, 5.41) is 16.9. The maximum Gasteiger partial charge on any atom is 0.396 e. The molecule has 94 valence electrons. The Balaban J connectivity index is 2.29. The summed E-state index contributed by atoms with van der Waals surface area (Å²) in [5.74, 6) is -0.573. The fraction of sp³-hybridized carbons (Fsp3) is 0.250. The van der Waals surface area contributed by atoms with Crippen LogP contribution in [0.4, 0.5) is 0 Å². The molecular formula is C12H12N2O4. The predicted octanol–water partition coefficient (Wildman–Crippen LogP) is 1.93. The predicted molar refractivity (Wildman–Crippen MR) is 62.1 cm³/mol. The molecule has 18 heavy (non-hydrogen) atoms. The van der Waals surface area contributed by atoms with E-state index in [0.29, 0.717) is 5.56 Å². The number of hydrogen-bond acceptors (Lipinski definition) is 6. The molecule has 0 aliphatic carbocycles. The van der Waals surface area contributed by atoms with Crippen molar-refractivity contribution in [3.05, 3.63) is 29.7 Å². The molecule has 1 aromatic heterocycles. The second-order valence-electron chi connectivity index (χ2n) is 3.63.